The van der Waals surface area contributed by atoms with Crippen LogP contribution in [0.4, 0.5) is 0 Å². The van der Waals surface area contributed by atoms with Crippen LogP contribution in [-0.4, -0.2) is 56.8 Å². The van der Waals surface area contributed by atoms with Crippen LogP contribution in [0.25, 0.3) is 0 Å². The number of hydrogen-bond acceptors (Lipinski definition) is 14. The van der Waals surface area contributed by atoms with Crippen LogP contribution in [0.5, 0.6) is 0 Å². The molecule has 0 amide bonds. The second-order valence-corrected chi connectivity index (χ2v) is 17.3. The van der Waals surface area contributed by atoms with Gasteiger partial charge in [-0.15, -0.1) is 0 Å². The molecule has 0 unspecified atom stereocenters. The Hall–Kier alpha value is -5.63. The number of esters is 4. The lowest BCUT2D eigenvalue weighted by molar-refractivity contribution is -0.157. The van der Waals surface area contributed by atoms with Gasteiger partial charge in [0, 0.05) is 23.0 Å². The molecule has 4 aromatic rings. The van der Waals surface area contributed by atoms with Crippen molar-refractivity contribution in [2.45, 2.75) is 148 Å². The minimum absolute atomic E-state index is 0.0190. The van der Waals surface area contributed by atoms with Gasteiger partial charge in [-0.3, -0.25) is 24.0 Å². The predicted octanol–water partition coefficient (Wildman–Crippen LogP) is 8.31. The van der Waals surface area contributed by atoms with E-state index in [9.17, 15) is 29.1 Å². The average molecular weight is 829 g/mol. The molecule has 0 radical (unpaired) electrons. The Bertz CT molecular complexity index is 2050. The summed E-state index contributed by atoms with van der Waals surface area (Å²) in [5.74, 6) is -1.88. The Morgan fingerprint density at radius 1 is 0.650 bits per heavy atom. The zero-order chi connectivity index (χ0) is 43.5. The SMILES string of the molecule is CC(C)(C)OC(=O)C[C@@H](CC(=O)OCc1ccccc1)c1noc(C=O)c1C1CC1.CC(C)(C)OC(=O)C[C@@H](CC(=O)OCc1ccccc1)c1noc(CO)c1C1CC1. The molecule has 0 aliphatic heterocycles. The van der Waals surface area contributed by atoms with Crippen molar-refractivity contribution in [1.82, 2.24) is 10.3 Å². The van der Waals surface area contributed by atoms with Crippen LogP contribution in [0.1, 0.15) is 167 Å². The molecule has 0 spiro atoms. The van der Waals surface area contributed by atoms with Gasteiger partial charge in [-0.2, -0.15) is 0 Å². The van der Waals surface area contributed by atoms with Gasteiger partial charge in [-0.25, -0.2) is 0 Å². The zero-order valence-electron chi connectivity index (χ0n) is 35.3. The summed E-state index contributed by atoms with van der Waals surface area (Å²) >= 11 is 0. The van der Waals surface area contributed by atoms with E-state index in [2.05, 4.69) is 10.3 Å². The summed E-state index contributed by atoms with van der Waals surface area (Å²) in [4.78, 5) is 61.4. The second kappa shape index (κ2) is 20.6. The maximum Gasteiger partial charge on any atom is 0.307 e. The Morgan fingerprint density at radius 2 is 1.05 bits per heavy atom. The van der Waals surface area contributed by atoms with Gasteiger partial charge < -0.3 is 33.1 Å². The third kappa shape index (κ3) is 14.3. The minimum Gasteiger partial charge on any atom is -0.461 e. The van der Waals surface area contributed by atoms with E-state index in [1.54, 1.807) is 41.5 Å². The summed E-state index contributed by atoms with van der Waals surface area (Å²) in [5, 5.41) is 17.8. The van der Waals surface area contributed by atoms with Crippen LogP contribution in [0.2, 0.25) is 0 Å². The van der Waals surface area contributed by atoms with E-state index in [1.807, 2.05) is 60.7 Å². The van der Waals surface area contributed by atoms with Crippen molar-refractivity contribution in [2.24, 2.45) is 0 Å². The van der Waals surface area contributed by atoms with Gasteiger partial charge in [-0.05, 0) is 90.2 Å². The first-order chi connectivity index (χ1) is 28.5. The van der Waals surface area contributed by atoms with Crippen LogP contribution in [0, 0.1) is 0 Å². The molecule has 14 nitrogen and oxygen atoms in total. The van der Waals surface area contributed by atoms with Gasteiger partial charge in [0.15, 0.2) is 12.0 Å². The molecule has 2 heterocycles. The normalized spacial score (nSPS) is 14.8. The Balaban J connectivity index is 0.000000228. The number of aromatic nitrogens is 2. The first kappa shape index (κ1) is 45.5. The first-order valence-electron chi connectivity index (χ1n) is 20.4. The second-order valence-electron chi connectivity index (χ2n) is 17.3. The van der Waals surface area contributed by atoms with E-state index in [4.69, 9.17) is 28.0 Å². The summed E-state index contributed by atoms with van der Waals surface area (Å²) in [5.41, 5.74) is 3.03. The molecular formula is C46H56N2O12. The molecule has 0 saturated heterocycles. The van der Waals surface area contributed by atoms with Crippen molar-refractivity contribution in [2.75, 3.05) is 0 Å². The average Bonchev–Trinajstić information content (AvgIpc) is 4.13. The van der Waals surface area contributed by atoms with E-state index in [-0.39, 0.29) is 63.1 Å². The number of carbonyl (C=O) groups excluding carboxylic acids is 5. The van der Waals surface area contributed by atoms with Crippen LogP contribution in [-0.2, 0) is 57.9 Å². The van der Waals surface area contributed by atoms with Gasteiger partial charge in [0.2, 0.25) is 5.76 Å². The Kier molecular flexibility index (Phi) is 15.6. The van der Waals surface area contributed by atoms with Crippen molar-refractivity contribution in [3.05, 3.63) is 106 Å². The van der Waals surface area contributed by atoms with Crippen LogP contribution in [0.15, 0.2) is 69.7 Å². The fourth-order valence-electron chi connectivity index (χ4n) is 6.74. The van der Waals surface area contributed by atoms with Gasteiger partial charge in [-0.1, -0.05) is 71.0 Å². The van der Waals surface area contributed by atoms with Gasteiger partial charge in [0.25, 0.3) is 0 Å². The number of benzene rings is 2. The van der Waals surface area contributed by atoms with Gasteiger partial charge in [0.1, 0.15) is 31.0 Å². The number of rotatable bonds is 18. The lowest BCUT2D eigenvalue weighted by atomic mass is 9.92. The summed E-state index contributed by atoms with van der Waals surface area (Å²) in [7, 11) is 0. The standard InChI is InChI=1S/C23H29NO6.C23H27NO6/c2*1-23(2,3)29-20(27)12-17(11-19(26)28-14-15-7-5-4-6-8-15)22-21(16-9-10-16)18(13-25)30-24-22/h4-8,16-17,25H,9-14H2,1-3H3;4-8,13,16-17H,9-12,14H2,1-3H3/t2*17-/m11/s1. The molecule has 2 aliphatic carbocycles. The lowest BCUT2D eigenvalue weighted by Crippen LogP contribution is -2.26. The fourth-order valence-corrected chi connectivity index (χ4v) is 6.74. The van der Waals surface area contributed by atoms with E-state index in [0.717, 1.165) is 42.4 Å². The Morgan fingerprint density at radius 3 is 1.45 bits per heavy atom. The predicted molar refractivity (Wildman–Crippen MR) is 216 cm³/mol. The molecular weight excluding hydrogens is 773 g/mol. The number of ether oxygens (including phenoxy) is 4. The molecule has 6 rings (SSSR count). The molecule has 1 N–H and O–H groups in total. The fraction of sp³-hybridized carbons (Fsp3) is 0.500. The lowest BCUT2D eigenvalue weighted by Gasteiger charge is -2.22. The highest BCUT2D eigenvalue weighted by molar-refractivity contribution is 5.77. The molecule has 60 heavy (non-hydrogen) atoms. The van der Waals surface area contributed by atoms with Crippen molar-refractivity contribution >= 4 is 30.2 Å². The summed E-state index contributed by atoms with van der Waals surface area (Å²) < 4.78 is 32.2. The molecule has 2 atom stereocenters. The highest BCUT2D eigenvalue weighted by Crippen LogP contribution is 2.47. The largest absolute Gasteiger partial charge is 0.461 e. The number of nitrogens with zero attached hydrogens (tertiary/aromatic N) is 2. The first-order valence-corrected chi connectivity index (χ1v) is 20.4. The molecule has 2 fully saturated rings. The highest BCUT2D eigenvalue weighted by atomic mass is 16.6. The minimum atomic E-state index is -0.646. The number of aliphatic hydroxyl groups is 1. The summed E-state index contributed by atoms with van der Waals surface area (Å²) in [6, 6.07) is 18.8. The number of aliphatic hydroxyl groups excluding tert-OH is 1. The molecule has 14 heteroatoms. The zero-order valence-corrected chi connectivity index (χ0v) is 35.3. The van der Waals surface area contributed by atoms with Crippen LogP contribution in [0.3, 0.4) is 0 Å². The van der Waals surface area contributed by atoms with Crippen molar-refractivity contribution in [1.29, 1.82) is 0 Å². The quantitative estimate of drug-likeness (QED) is 0.0571. The molecule has 2 aromatic heterocycles. The van der Waals surface area contributed by atoms with Crippen molar-refractivity contribution < 1.29 is 57.1 Å². The summed E-state index contributed by atoms with van der Waals surface area (Å²) in [6.45, 7) is 10.8. The van der Waals surface area contributed by atoms with E-state index >= 15 is 0 Å². The van der Waals surface area contributed by atoms with Crippen molar-refractivity contribution in [3.8, 4) is 0 Å². The van der Waals surface area contributed by atoms with E-state index < -0.39 is 46.9 Å². The molecule has 2 aliphatic rings. The number of carbonyl (C=O) groups is 5. The maximum atomic E-state index is 12.6. The van der Waals surface area contributed by atoms with Gasteiger partial charge in [0.05, 0.1) is 37.1 Å². The highest BCUT2D eigenvalue weighted by Gasteiger charge is 2.38. The van der Waals surface area contributed by atoms with Crippen LogP contribution >= 0.6 is 0 Å². The number of aldehydes is 1. The van der Waals surface area contributed by atoms with Crippen molar-refractivity contribution in [3.63, 3.8) is 0 Å². The van der Waals surface area contributed by atoms with E-state index in [1.165, 1.54) is 0 Å². The smallest absolute Gasteiger partial charge is 0.307 e. The molecule has 2 aromatic carbocycles. The number of hydrogen-bond donors (Lipinski definition) is 1. The molecule has 2 saturated carbocycles. The monoisotopic (exact) mass is 828 g/mol. The summed E-state index contributed by atoms with van der Waals surface area (Å²) in [6.07, 6.45) is 4.26. The third-order valence-electron chi connectivity index (χ3n) is 9.59. The molecule has 322 valence electrons. The van der Waals surface area contributed by atoms with Crippen LogP contribution < -0.4 is 0 Å². The third-order valence-corrected chi connectivity index (χ3v) is 9.59. The maximum absolute atomic E-state index is 12.6. The van der Waals surface area contributed by atoms with Gasteiger partial charge >= 0.3 is 23.9 Å². The Labute approximate surface area is 350 Å². The topological polar surface area (TPSA) is 195 Å². The molecule has 0 bridgehead atoms. The van der Waals surface area contributed by atoms with E-state index in [0.29, 0.717) is 29.0 Å².